The highest BCUT2D eigenvalue weighted by molar-refractivity contribution is 5.95. The van der Waals surface area contributed by atoms with Crippen molar-refractivity contribution < 1.29 is 28.8 Å². The third-order valence-corrected chi connectivity index (χ3v) is 17.1. The first-order valence-electron chi connectivity index (χ1n) is 27.4. The molecule has 3 aliphatic heterocycles. The average Bonchev–Trinajstić information content (AvgIpc) is 3.72. The van der Waals surface area contributed by atoms with Crippen molar-refractivity contribution in [3.8, 4) is 0 Å². The molecule has 6 atom stereocenters. The van der Waals surface area contributed by atoms with Gasteiger partial charge in [-0.05, 0) is 129 Å². The molecule has 3 saturated carbocycles. The standard InChI is InChI=1S/C54H87N9O9/c1-49(2)25-37(28-52(7,31-49)34-55-43(67)58-22-16-10-13-19-40(58)64)61-46(70)62(38-26-50(3,4)32-53(8,29-38)35-56-44(68)59-23-17-11-14-20-41(59)65)48(72)63(47(61)71)39-27-51(5,6)33-54(9,30-39)36-57-45(69)60-24-18-12-15-21-42(60)66/h37-39H,10-36H2,1-9H3,(H,55,67)(H,56,68)(H,57,69). The number of urea groups is 3. The van der Waals surface area contributed by atoms with E-state index in [2.05, 4.69) is 78.3 Å². The molecule has 0 radical (unpaired) electrons. The van der Waals surface area contributed by atoms with E-state index >= 15 is 14.4 Å². The quantitative estimate of drug-likeness (QED) is 0.220. The second-order valence-corrected chi connectivity index (χ2v) is 26.6. The lowest BCUT2D eigenvalue weighted by atomic mass is 9.62. The second kappa shape index (κ2) is 21.2. The molecule has 9 amide bonds. The molecule has 7 rings (SSSR count). The van der Waals surface area contributed by atoms with Gasteiger partial charge in [0.25, 0.3) is 0 Å². The Morgan fingerprint density at radius 1 is 0.389 bits per heavy atom. The van der Waals surface area contributed by atoms with Gasteiger partial charge < -0.3 is 16.0 Å². The van der Waals surface area contributed by atoms with Gasteiger partial charge in [0.1, 0.15) is 0 Å². The Labute approximate surface area is 426 Å². The molecule has 0 spiro atoms. The summed E-state index contributed by atoms with van der Waals surface area (Å²) in [6.07, 6.45) is 12.5. The number of nitrogens with one attached hydrogen (secondary N) is 3. The molecule has 0 aromatic carbocycles. The van der Waals surface area contributed by atoms with Crippen LogP contribution in [0.25, 0.3) is 0 Å². The SMILES string of the molecule is CC1(C)CC(n2c(=O)n(C3CC(C)(C)CC(C)(CNC(=O)N4CCCCCC4=O)C3)c(=O)n(C3CC(C)(C)CC(C)(CNC(=O)N4CCCCCC4=O)C3)c2=O)CC(C)(CNC(=O)N2CCCCCC2=O)C1. The van der Waals surface area contributed by atoms with E-state index in [1.54, 1.807) is 0 Å². The first-order chi connectivity index (χ1) is 33.6. The van der Waals surface area contributed by atoms with Gasteiger partial charge in [0, 0.05) is 76.7 Å². The number of likely N-dealkylation sites (tertiary alicyclic amines) is 3. The lowest BCUT2D eigenvalue weighted by molar-refractivity contribution is -0.128. The van der Waals surface area contributed by atoms with Gasteiger partial charge in [-0.2, -0.15) is 0 Å². The molecule has 18 nitrogen and oxygen atoms in total. The molecule has 0 bridgehead atoms. The van der Waals surface area contributed by atoms with Crippen molar-refractivity contribution in [3.63, 3.8) is 0 Å². The summed E-state index contributed by atoms with van der Waals surface area (Å²) in [5, 5.41) is 9.18. The van der Waals surface area contributed by atoms with Crippen LogP contribution in [0.3, 0.4) is 0 Å². The molecule has 6 aliphatic rings. The predicted octanol–water partition coefficient (Wildman–Crippen LogP) is 7.78. The lowest BCUT2D eigenvalue weighted by Gasteiger charge is -2.49. The van der Waals surface area contributed by atoms with Gasteiger partial charge in [-0.15, -0.1) is 0 Å². The van der Waals surface area contributed by atoms with Gasteiger partial charge in [-0.3, -0.25) is 29.1 Å². The summed E-state index contributed by atoms with van der Waals surface area (Å²) in [5.74, 6) is -0.583. The van der Waals surface area contributed by atoms with Crippen molar-refractivity contribution in [1.29, 1.82) is 0 Å². The van der Waals surface area contributed by atoms with E-state index in [1.165, 1.54) is 28.4 Å². The number of aromatic nitrogens is 3. The third kappa shape index (κ3) is 12.8. The number of imide groups is 3. The minimum atomic E-state index is -0.679. The van der Waals surface area contributed by atoms with Gasteiger partial charge >= 0.3 is 35.2 Å². The molecule has 1 aromatic rings. The topological polar surface area (TPSA) is 214 Å². The Balaban J connectivity index is 1.27. The predicted molar refractivity (Wildman–Crippen MR) is 274 cm³/mol. The second-order valence-electron chi connectivity index (χ2n) is 26.6. The molecule has 3 saturated heterocycles. The van der Waals surface area contributed by atoms with Gasteiger partial charge in [-0.25, -0.2) is 42.5 Å². The molecule has 402 valence electrons. The number of amides is 9. The summed E-state index contributed by atoms with van der Waals surface area (Å²) in [5.41, 5.74) is -5.08. The van der Waals surface area contributed by atoms with Crippen LogP contribution in [0.15, 0.2) is 14.4 Å². The Kier molecular flexibility index (Phi) is 16.2. The van der Waals surface area contributed by atoms with Gasteiger partial charge in [0.2, 0.25) is 17.7 Å². The first-order valence-corrected chi connectivity index (χ1v) is 27.4. The van der Waals surface area contributed by atoms with Crippen molar-refractivity contribution in [2.24, 2.45) is 32.5 Å². The summed E-state index contributed by atoms with van der Waals surface area (Å²) in [4.78, 5) is 130. The van der Waals surface area contributed by atoms with Gasteiger partial charge in [0.15, 0.2) is 0 Å². The van der Waals surface area contributed by atoms with Crippen molar-refractivity contribution in [1.82, 2.24) is 44.4 Å². The molecular formula is C54H87N9O9. The molecular weight excluding hydrogens is 919 g/mol. The summed E-state index contributed by atoms with van der Waals surface area (Å²) < 4.78 is 3.99. The summed E-state index contributed by atoms with van der Waals surface area (Å²) in [7, 11) is 0. The van der Waals surface area contributed by atoms with E-state index in [0.717, 1.165) is 57.8 Å². The van der Waals surface area contributed by atoms with Crippen LogP contribution in [0.2, 0.25) is 0 Å². The van der Waals surface area contributed by atoms with Crippen LogP contribution in [0.5, 0.6) is 0 Å². The number of hydrogen-bond donors (Lipinski definition) is 3. The fourth-order valence-corrected chi connectivity index (χ4v) is 15.0. The van der Waals surface area contributed by atoms with E-state index in [-0.39, 0.29) is 37.4 Å². The summed E-state index contributed by atoms with van der Waals surface area (Å²) in [6, 6.07) is -3.29. The first kappa shape index (κ1) is 55.0. The average molecular weight is 1010 g/mol. The molecule has 3 aliphatic carbocycles. The lowest BCUT2D eigenvalue weighted by Crippen LogP contribution is -2.61. The Morgan fingerprint density at radius 3 is 0.889 bits per heavy atom. The zero-order chi connectivity index (χ0) is 52.6. The molecule has 6 unspecified atom stereocenters. The number of carbonyl (C=O) groups excluding carboxylic acids is 6. The molecule has 18 heteroatoms. The van der Waals surface area contributed by atoms with E-state index in [0.29, 0.717) is 96.7 Å². The minimum Gasteiger partial charge on any atom is -0.337 e. The molecule has 72 heavy (non-hydrogen) atoms. The molecule has 3 N–H and O–H groups in total. The van der Waals surface area contributed by atoms with Crippen molar-refractivity contribution in [2.45, 2.75) is 215 Å². The number of hydrogen-bond acceptors (Lipinski definition) is 9. The summed E-state index contributed by atoms with van der Waals surface area (Å²) in [6.45, 7) is 20.5. The molecule has 4 heterocycles. The largest absolute Gasteiger partial charge is 0.337 e. The highest BCUT2D eigenvalue weighted by Crippen LogP contribution is 2.53. The van der Waals surface area contributed by atoms with E-state index < -0.39 is 85.8 Å². The highest BCUT2D eigenvalue weighted by Gasteiger charge is 2.49. The molecule has 6 fully saturated rings. The van der Waals surface area contributed by atoms with Crippen LogP contribution >= 0.6 is 0 Å². The number of nitrogens with zero attached hydrogens (tertiary/aromatic N) is 6. The van der Waals surface area contributed by atoms with Gasteiger partial charge in [-0.1, -0.05) is 81.6 Å². The van der Waals surface area contributed by atoms with E-state index in [9.17, 15) is 28.8 Å². The number of rotatable bonds is 9. The van der Waals surface area contributed by atoms with Crippen LogP contribution in [-0.2, 0) is 14.4 Å². The zero-order valence-corrected chi connectivity index (χ0v) is 45.2. The fourth-order valence-electron chi connectivity index (χ4n) is 15.0. The minimum absolute atomic E-state index is 0.194. The van der Waals surface area contributed by atoms with Crippen molar-refractivity contribution in [2.75, 3.05) is 39.3 Å². The number of carbonyl (C=O) groups is 6. The smallest absolute Gasteiger partial charge is 0.336 e. The molecule has 1 aromatic heterocycles. The van der Waals surface area contributed by atoms with Crippen molar-refractivity contribution >= 4 is 35.8 Å². The fraction of sp³-hybridized carbons (Fsp3) is 0.833. The Bertz CT molecular complexity index is 2150. The normalized spacial score (nSPS) is 31.2. The van der Waals surface area contributed by atoms with Crippen LogP contribution in [-0.4, -0.2) is 103 Å². The third-order valence-electron chi connectivity index (χ3n) is 17.1. The van der Waals surface area contributed by atoms with Crippen LogP contribution in [0.4, 0.5) is 14.4 Å². The van der Waals surface area contributed by atoms with Crippen LogP contribution in [0.1, 0.15) is 215 Å². The monoisotopic (exact) mass is 1010 g/mol. The van der Waals surface area contributed by atoms with Crippen molar-refractivity contribution in [3.05, 3.63) is 31.5 Å². The van der Waals surface area contributed by atoms with Crippen LogP contribution in [0, 0.1) is 32.5 Å². The zero-order valence-electron chi connectivity index (χ0n) is 45.2. The van der Waals surface area contributed by atoms with E-state index in [1.807, 2.05) is 0 Å². The van der Waals surface area contributed by atoms with E-state index in [4.69, 9.17) is 0 Å². The maximum Gasteiger partial charge on any atom is 0.336 e. The summed E-state index contributed by atoms with van der Waals surface area (Å²) >= 11 is 0. The van der Waals surface area contributed by atoms with Crippen LogP contribution < -0.4 is 33.0 Å². The Morgan fingerprint density at radius 2 is 0.639 bits per heavy atom. The maximum absolute atomic E-state index is 15.6. The van der Waals surface area contributed by atoms with Gasteiger partial charge in [0.05, 0.1) is 0 Å². The highest BCUT2D eigenvalue weighted by atomic mass is 16.2. The Hall–Kier alpha value is -4.77. The maximum atomic E-state index is 15.6.